The molecule has 0 amide bonds. The van der Waals surface area contributed by atoms with Crippen molar-refractivity contribution in [1.82, 2.24) is 0 Å². The summed E-state index contributed by atoms with van der Waals surface area (Å²) in [5.41, 5.74) is 3.98. The average Bonchev–Trinajstić information content (AvgIpc) is 3.09. The van der Waals surface area contributed by atoms with Gasteiger partial charge in [0.15, 0.2) is 5.70 Å². The highest BCUT2D eigenvalue weighted by Gasteiger charge is 2.24. The highest BCUT2D eigenvalue weighted by molar-refractivity contribution is 6.30. The first-order valence-corrected chi connectivity index (χ1v) is 9.51. The molecule has 4 rings (SSSR count). The van der Waals surface area contributed by atoms with Crippen LogP contribution in [0, 0.1) is 6.92 Å². The Hall–Kier alpha value is -3.37. The number of hydrogen-bond donors (Lipinski definition) is 0. The highest BCUT2D eigenvalue weighted by Crippen LogP contribution is 2.22. The summed E-state index contributed by atoms with van der Waals surface area (Å²) in [7, 11) is 0. The molecule has 4 nitrogen and oxygen atoms in total. The lowest BCUT2D eigenvalue weighted by Gasteiger charge is -2.07. The van der Waals surface area contributed by atoms with Gasteiger partial charge in [0.25, 0.3) is 0 Å². The molecule has 0 bridgehead atoms. The molecule has 0 atom stereocenters. The minimum Gasteiger partial charge on any atom is -0.489 e. The van der Waals surface area contributed by atoms with Crippen molar-refractivity contribution in [3.63, 3.8) is 0 Å². The fourth-order valence-electron chi connectivity index (χ4n) is 2.83. The third-order valence-corrected chi connectivity index (χ3v) is 4.65. The van der Waals surface area contributed by atoms with Crippen LogP contribution in [-0.2, 0) is 16.1 Å². The number of aryl methyl sites for hydroxylation is 1. The molecule has 3 aromatic rings. The van der Waals surface area contributed by atoms with Gasteiger partial charge in [0.2, 0.25) is 5.90 Å². The number of benzene rings is 3. The summed E-state index contributed by atoms with van der Waals surface area (Å²) in [6, 6.07) is 22.7. The highest BCUT2D eigenvalue weighted by atomic mass is 35.5. The van der Waals surface area contributed by atoms with Crippen molar-refractivity contribution in [1.29, 1.82) is 0 Å². The van der Waals surface area contributed by atoms with Crippen molar-refractivity contribution in [3.05, 3.63) is 106 Å². The molecule has 0 radical (unpaired) electrons. The molecule has 0 aliphatic carbocycles. The van der Waals surface area contributed by atoms with Gasteiger partial charge in [-0.15, -0.1) is 0 Å². The molecule has 0 saturated carbocycles. The van der Waals surface area contributed by atoms with Crippen molar-refractivity contribution in [2.24, 2.45) is 4.99 Å². The number of ether oxygens (including phenoxy) is 2. The molecular formula is C24H18ClNO3. The van der Waals surface area contributed by atoms with Gasteiger partial charge in [0.1, 0.15) is 12.4 Å². The van der Waals surface area contributed by atoms with E-state index in [0.29, 0.717) is 23.3 Å². The molecule has 5 heteroatoms. The zero-order valence-corrected chi connectivity index (χ0v) is 16.5. The van der Waals surface area contributed by atoms with Gasteiger partial charge >= 0.3 is 5.97 Å². The van der Waals surface area contributed by atoms with Crippen molar-refractivity contribution in [2.45, 2.75) is 13.5 Å². The van der Waals surface area contributed by atoms with Gasteiger partial charge in [-0.25, -0.2) is 9.79 Å². The Kier molecular flexibility index (Phi) is 5.45. The zero-order chi connectivity index (χ0) is 20.2. The van der Waals surface area contributed by atoms with Gasteiger partial charge in [0.05, 0.1) is 0 Å². The van der Waals surface area contributed by atoms with E-state index in [4.69, 9.17) is 21.1 Å². The van der Waals surface area contributed by atoms with Crippen LogP contribution in [0.25, 0.3) is 6.08 Å². The van der Waals surface area contributed by atoms with Gasteiger partial charge in [0, 0.05) is 10.6 Å². The maximum absolute atomic E-state index is 12.2. The van der Waals surface area contributed by atoms with E-state index >= 15 is 0 Å². The van der Waals surface area contributed by atoms with Gasteiger partial charge in [-0.05, 0) is 60.5 Å². The van der Waals surface area contributed by atoms with E-state index in [0.717, 1.165) is 22.3 Å². The lowest BCUT2D eigenvalue weighted by molar-refractivity contribution is -0.129. The standard InChI is InChI=1S/C24H18ClNO3/c1-16-5-9-19(10-6-16)23-26-22(24(27)29-23)14-18-3-2-4-21(13-18)28-15-17-7-11-20(25)12-8-17/h2-14H,15H2,1H3/b22-14-. The first-order valence-electron chi connectivity index (χ1n) is 9.14. The lowest BCUT2D eigenvalue weighted by Crippen LogP contribution is -2.05. The summed E-state index contributed by atoms with van der Waals surface area (Å²) in [6.45, 7) is 2.43. The van der Waals surface area contributed by atoms with Crippen LogP contribution in [0.1, 0.15) is 22.3 Å². The van der Waals surface area contributed by atoms with Crippen molar-refractivity contribution in [3.8, 4) is 5.75 Å². The van der Waals surface area contributed by atoms with E-state index in [1.807, 2.05) is 79.7 Å². The number of hydrogen-bond acceptors (Lipinski definition) is 4. The summed E-state index contributed by atoms with van der Waals surface area (Å²) >= 11 is 5.90. The molecule has 144 valence electrons. The zero-order valence-electron chi connectivity index (χ0n) is 15.8. The van der Waals surface area contributed by atoms with Gasteiger partial charge < -0.3 is 9.47 Å². The summed E-state index contributed by atoms with van der Waals surface area (Å²) in [6.07, 6.45) is 1.69. The lowest BCUT2D eigenvalue weighted by atomic mass is 10.1. The van der Waals surface area contributed by atoms with Crippen LogP contribution < -0.4 is 4.74 Å². The van der Waals surface area contributed by atoms with E-state index in [9.17, 15) is 4.79 Å². The molecule has 0 N–H and O–H groups in total. The first kappa shape index (κ1) is 19.0. The molecule has 0 saturated heterocycles. The Morgan fingerprint density at radius 3 is 2.55 bits per heavy atom. The van der Waals surface area contributed by atoms with Crippen molar-refractivity contribution in [2.75, 3.05) is 0 Å². The normalized spacial score (nSPS) is 14.6. The van der Waals surface area contributed by atoms with Crippen LogP contribution in [0.2, 0.25) is 5.02 Å². The summed E-state index contributed by atoms with van der Waals surface area (Å²) in [4.78, 5) is 16.6. The minimum absolute atomic E-state index is 0.260. The maximum Gasteiger partial charge on any atom is 0.363 e. The molecule has 1 aliphatic rings. The van der Waals surface area contributed by atoms with Gasteiger partial charge in [-0.2, -0.15) is 0 Å². The molecule has 0 spiro atoms. The fraction of sp³-hybridized carbons (Fsp3) is 0.0833. The topological polar surface area (TPSA) is 47.9 Å². The quantitative estimate of drug-likeness (QED) is 0.413. The third-order valence-electron chi connectivity index (χ3n) is 4.40. The molecule has 3 aromatic carbocycles. The molecule has 0 fully saturated rings. The molecule has 0 aromatic heterocycles. The first-order chi connectivity index (χ1) is 14.1. The molecule has 0 unspecified atom stereocenters. The monoisotopic (exact) mass is 403 g/mol. The van der Waals surface area contributed by atoms with E-state index < -0.39 is 5.97 Å². The minimum atomic E-state index is -0.465. The number of aliphatic imine (C=N–C) groups is 1. The van der Waals surface area contributed by atoms with E-state index in [2.05, 4.69) is 4.99 Å². The number of rotatable bonds is 5. The molecule has 1 aliphatic heterocycles. The van der Waals surface area contributed by atoms with Crippen LogP contribution in [0.4, 0.5) is 0 Å². The maximum atomic E-state index is 12.2. The largest absolute Gasteiger partial charge is 0.489 e. The van der Waals surface area contributed by atoms with E-state index in [1.165, 1.54) is 0 Å². The fourth-order valence-corrected chi connectivity index (χ4v) is 2.95. The molecule has 29 heavy (non-hydrogen) atoms. The summed E-state index contributed by atoms with van der Waals surface area (Å²) in [5.74, 6) is 0.549. The second-order valence-electron chi connectivity index (χ2n) is 6.69. The Bertz CT molecular complexity index is 1100. The Balaban J connectivity index is 1.50. The second kappa shape index (κ2) is 8.33. The number of esters is 1. The third kappa shape index (κ3) is 4.73. The molecular weight excluding hydrogens is 386 g/mol. The Labute approximate surface area is 174 Å². The Morgan fingerprint density at radius 2 is 1.79 bits per heavy atom. The van der Waals surface area contributed by atoms with Crippen LogP contribution in [-0.4, -0.2) is 11.9 Å². The summed E-state index contributed by atoms with van der Waals surface area (Å²) < 4.78 is 11.2. The van der Waals surface area contributed by atoms with Gasteiger partial charge in [-0.3, -0.25) is 0 Å². The smallest absolute Gasteiger partial charge is 0.363 e. The average molecular weight is 404 g/mol. The van der Waals surface area contributed by atoms with E-state index in [1.54, 1.807) is 6.08 Å². The number of carbonyl (C=O) groups is 1. The SMILES string of the molecule is Cc1ccc(C2=N/C(=C\c3cccc(OCc4ccc(Cl)cc4)c3)C(=O)O2)cc1. The number of carbonyl (C=O) groups excluding carboxylic acids is 1. The Morgan fingerprint density at radius 1 is 1.03 bits per heavy atom. The summed E-state index contributed by atoms with van der Waals surface area (Å²) in [5, 5.41) is 0.691. The van der Waals surface area contributed by atoms with E-state index in [-0.39, 0.29) is 5.70 Å². The van der Waals surface area contributed by atoms with Crippen LogP contribution >= 0.6 is 11.6 Å². The number of halogens is 1. The van der Waals surface area contributed by atoms with Crippen LogP contribution in [0.15, 0.2) is 83.5 Å². The second-order valence-corrected chi connectivity index (χ2v) is 7.13. The van der Waals surface area contributed by atoms with Crippen molar-refractivity contribution >= 4 is 29.5 Å². The number of nitrogens with zero attached hydrogens (tertiary/aromatic N) is 1. The predicted molar refractivity (Wildman–Crippen MR) is 114 cm³/mol. The van der Waals surface area contributed by atoms with Gasteiger partial charge in [-0.1, -0.05) is 53.6 Å². The van der Waals surface area contributed by atoms with Crippen LogP contribution in [0.3, 0.4) is 0 Å². The van der Waals surface area contributed by atoms with Crippen LogP contribution in [0.5, 0.6) is 5.75 Å². The molecule has 1 heterocycles. The van der Waals surface area contributed by atoms with Crippen molar-refractivity contribution < 1.29 is 14.3 Å². The number of cyclic esters (lactones) is 1. The predicted octanol–water partition coefficient (Wildman–Crippen LogP) is 5.57.